The lowest BCUT2D eigenvalue weighted by Crippen LogP contribution is -2.48. The Morgan fingerprint density at radius 1 is 0.600 bits per heavy atom. The highest BCUT2D eigenvalue weighted by atomic mass is 16.2. The van der Waals surface area contributed by atoms with Crippen molar-refractivity contribution >= 4 is 23.2 Å². The molecule has 0 N–H and O–H groups in total. The standard InChI is InChI=1S/C21H14N2O2/c24-20-16-11-5-4-10-15(16)19-22(14-8-2-1-3-9-14)21(25)17-12-6-7-13-18(17)23(19)20/h1-13,19H/t19-/m0/s1. The lowest BCUT2D eigenvalue weighted by molar-refractivity contribution is 0.0949. The van der Waals surface area contributed by atoms with Crippen LogP contribution in [0.4, 0.5) is 11.4 Å². The number of hydrogen-bond acceptors (Lipinski definition) is 2. The van der Waals surface area contributed by atoms with Crippen molar-refractivity contribution in [2.75, 3.05) is 9.80 Å². The Morgan fingerprint density at radius 3 is 2.00 bits per heavy atom. The Hall–Kier alpha value is -3.40. The molecule has 0 aromatic heterocycles. The first-order valence-electron chi connectivity index (χ1n) is 8.17. The number of nitrogens with zero attached hydrogens (tertiary/aromatic N) is 2. The van der Waals surface area contributed by atoms with Gasteiger partial charge in [0.2, 0.25) is 0 Å². The van der Waals surface area contributed by atoms with Crippen LogP contribution in [0.5, 0.6) is 0 Å². The molecule has 0 bridgehead atoms. The summed E-state index contributed by atoms with van der Waals surface area (Å²) in [6.45, 7) is 0. The molecular formula is C21H14N2O2. The Kier molecular flexibility index (Phi) is 2.82. The molecule has 5 rings (SSSR count). The van der Waals surface area contributed by atoms with E-state index in [4.69, 9.17) is 0 Å². The fourth-order valence-corrected chi connectivity index (χ4v) is 3.74. The van der Waals surface area contributed by atoms with Crippen molar-refractivity contribution in [3.05, 3.63) is 95.6 Å². The van der Waals surface area contributed by atoms with E-state index in [1.807, 2.05) is 72.8 Å². The molecule has 2 heterocycles. The maximum absolute atomic E-state index is 13.3. The highest BCUT2D eigenvalue weighted by Gasteiger charge is 2.48. The molecule has 0 spiro atoms. The summed E-state index contributed by atoms with van der Waals surface area (Å²) in [5.74, 6) is -0.158. The van der Waals surface area contributed by atoms with Crippen LogP contribution < -0.4 is 9.80 Å². The minimum Gasteiger partial charge on any atom is -0.283 e. The number of para-hydroxylation sites is 2. The smallest absolute Gasteiger partial charge is 0.262 e. The number of anilines is 2. The van der Waals surface area contributed by atoms with E-state index in [1.54, 1.807) is 15.9 Å². The normalized spacial score (nSPS) is 18.0. The van der Waals surface area contributed by atoms with Crippen LogP contribution in [-0.4, -0.2) is 11.8 Å². The molecule has 4 heteroatoms. The van der Waals surface area contributed by atoms with Crippen molar-refractivity contribution in [1.29, 1.82) is 0 Å². The van der Waals surface area contributed by atoms with Crippen molar-refractivity contribution in [2.45, 2.75) is 6.17 Å². The second kappa shape index (κ2) is 5.05. The number of benzene rings is 3. The zero-order chi connectivity index (χ0) is 17.0. The molecule has 0 saturated heterocycles. The lowest BCUT2D eigenvalue weighted by atomic mass is 10.0. The van der Waals surface area contributed by atoms with Gasteiger partial charge in [-0.25, -0.2) is 0 Å². The molecule has 2 aliphatic heterocycles. The molecule has 0 unspecified atom stereocenters. The van der Waals surface area contributed by atoms with Crippen molar-refractivity contribution in [1.82, 2.24) is 0 Å². The summed E-state index contributed by atoms with van der Waals surface area (Å²) in [4.78, 5) is 29.8. The minimum absolute atomic E-state index is 0.0681. The number of carbonyl (C=O) groups is 2. The van der Waals surface area contributed by atoms with Crippen molar-refractivity contribution in [2.24, 2.45) is 0 Å². The predicted octanol–water partition coefficient (Wildman–Crippen LogP) is 4.01. The van der Waals surface area contributed by atoms with E-state index in [0.717, 1.165) is 11.3 Å². The van der Waals surface area contributed by atoms with Gasteiger partial charge < -0.3 is 0 Å². The Balaban J connectivity index is 1.81. The van der Waals surface area contributed by atoms with Crippen LogP contribution in [0.2, 0.25) is 0 Å². The number of rotatable bonds is 1. The van der Waals surface area contributed by atoms with E-state index in [0.29, 0.717) is 16.8 Å². The topological polar surface area (TPSA) is 40.6 Å². The SMILES string of the molecule is O=C1c2ccccc2N2C(=O)c3ccccc3[C@H]2N1c1ccccc1. The van der Waals surface area contributed by atoms with Crippen LogP contribution in [0, 0.1) is 0 Å². The van der Waals surface area contributed by atoms with Gasteiger partial charge in [-0.05, 0) is 30.3 Å². The molecular weight excluding hydrogens is 312 g/mol. The maximum Gasteiger partial charge on any atom is 0.262 e. The summed E-state index contributed by atoms with van der Waals surface area (Å²) >= 11 is 0. The number of fused-ring (bicyclic) bond motifs is 5. The number of amides is 2. The van der Waals surface area contributed by atoms with Crippen LogP contribution >= 0.6 is 0 Å². The molecule has 3 aromatic carbocycles. The highest BCUT2D eigenvalue weighted by Crippen LogP contribution is 2.46. The molecule has 0 aliphatic carbocycles. The van der Waals surface area contributed by atoms with Crippen LogP contribution in [0.25, 0.3) is 0 Å². The van der Waals surface area contributed by atoms with Crippen LogP contribution in [0.15, 0.2) is 78.9 Å². The van der Waals surface area contributed by atoms with Gasteiger partial charge in [0.25, 0.3) is 11.8 Å². The Morgan fingerprint density at radius 2 is 1.20 bits per heavy atom. The Bertz CT molecular complexity index is 1010. The van der Waals surface area contributed by atoms with Gasteiger partial charge in [-0.15, -0.1) is 0 Å². The van der Waals surface area contributed by atoms with Gasteiger partial charge in [0, 0.05) is 16.8 Å². The third-order valence-electron chi connectivity index (χ3n) is 4.82. The summed E-state index contributed by atoms with van der Waals surface area (Å²) in [6, 6.07) is 24.3. The second-order valence-corrected chi connectivity index (χ2v) is 6.16. The average molecular weight is 326 g/mol. The molecule has 2 amide bonds. The zero-order valence-corrected chi connectivity index (χ0v) is 13.3. The largest absolute Gasteiger partial charge is 0.283 e. The van der Waals surface area contributed by atoms with E-state index >= 15 is 0 Å². The quantitative estimate of drug-likeness (QED) is 0.678. The van der Waals surface area contributed by atoms with Crippen molar-refractivity contribution in [3.8, 4) is 0 Å². The van der Waals surface area contributed by atoms with E-state index in [9.17, 15) is 9.59 Å². The molecule has 1 atom stereocenters. The molecule has 0 saturated carbocycles. The molecule has 25 heavy (non-hydrogen) atoms. The first-order valence-corrected chi connectivity index (χ1v) is 8.17. The zero-order valence-electron chi connectivity index (χ0n) is 13.3. The molecule has 4 nitrogen and oxygen atoms in total. The van der Waals surface area contributed by atoms with Crippen molar-refractivity contribution in [3.63, 3.8) is 0 Å². The van der Waals surface area contributed by atoms with Crippen LogP contribution in [-0.2, 0) is 0 Å². The maximum atomic E-state index is 13.3. The number of carbonyl (C=O) groups excluding carboxylic acids is 2. The Labute approximate surface area is 144 Å². The van der Waals surface area contributed by atoms with Gasteiger partial charge in [-0.2, -0.15) is 0 Å². The third-order valence-corrected chi connectivity index (χ3v) is 4.82. The van der Waals surface area contributed by atoms with Crippen LogP contribution in [0.1, 0.15) is 32.4 Å². The monoisotopic (exact) mass is 326 g/mol. The second-order valence-electron chi connectivity index (χ2n) is 6.16. The van der Waals surface area contributed by atoms with E-state index in [1.165, 1.54) is 0 Å². The average Bonchev–Trinajstić information content (AvgIpc) is 2.96. The van der Waals surface area contributed by atoms with Gasteiger partial charge in [-0.1, -0.05) is 48.5 Å². The van der Waals surface area contributed by atoms with Crippen molar-refractivity contribution < 1.29 is 9.59 Å². The van der Waals surface area contributed by atoms with Gasteiger partial charge in [0.1, 0.15) is 6.17 Å². The molecule has 0 radical (unpaired) electrons. The summed E-state index contributed by atoms with van der Waals surface area (Å²) < 4.78 is 0. The van der Waals surface area contributed by atoms with Crippen LogP contribution in [0.3, 0.4) is 0 Å². The summed E-state index contributed by atoms with van der Waals surface area (Å²) in [7, 11) is 0. The predicted molar refractivity (Wildman–Crippen MR) is 95.7 cm³/mol. The first kappa shape index (κ1) is 14.0. The van der Waals surface area contributed by atoms with Gasteiger partial charge >= 0.3 is 0 Å². The molecule has 3 aromatic rings. The third kappa shape index (κ3) is 1.82. The van der Waals surface area contributed by atoms with E-state index in [-0.39, 0.29) is 11.8 Å². The fraction of sp³-hybridized carbons (Fsp3) is 0.0476. The summed E-state index contributed by atoms with van der Waals surface area (Å²) in [5, 5.41) is 0. The highest BCUT2D eigenvalue weighted by molar-refractivity contribution is 6.21. The van der Waals surface area contributed by atoms with E-state index < -0.39 is 6.17 Å². The first-order chi connectivity index (χ1) is 12.3. The fourth-order valence-electron chi connectivity index (χ4n) is 3.74. The minimum atomic E-state index is -0.450. The lowest BCUT2D eigenvalue weighted by Gasteiger charge is -2.40. The molecule has 120 valence electrons. The molecule has 2 aliphatic rings. The van der Waals surface area contributed by atoms with E-state index in [2.05, 4.69) is 0 Å². The number of hydrogen-bond donors (Lipinski definition) is 0. The summed E-state index contributed by atoms with van der Waals surface area (Å²) in [6.07, 6.45) is -0.450. The molecule has 0 fully saturated rings. The summed E-state index contributed by atoms with van der Waals surface area (Å²) in [5.41, 5.74) is 3.51. The van der Waals surface area contributed by atoms with Gasteiger partial charge in [0.15, 0.2) is 0 Å². The van der Waals surface area contributed by atoms with Gasteiger partial charge in [0.05, 0.1) is 11.3 Å². The van der Waals surface area contributed by atoms with Gasteiger partial charge in [-0.3, -0.25) is 19.4 Å².